The van der Waals surface area contributed by atoms with Gasteiger partial charge in [0.2, 0.25) is 0 Å². The summed E-state index contributed by atoms with van der Waals surface area (Å²) >= 11 is 0.918. The van der Waals surface area contributed by atoms with E-state index in [1.807, 2.05) is 55.5 Å². The third kappa shape index (κ3) is 6.25. The van der Waals surface area contributed by atoms with Gasteiger partial charge in [0, 0.05) is 5.56 Å². The van der Waals surface area contributed by atoms with Gasteiger partial charge >= 0.3 is 0 Å². The molecule has 0 spiro atoms. The molecule has 1 aliphatic heterocycles. The van der Waals surface area contributed by atoms with E-state index in [0.29, 0.717) is 34.5 Å². The van der Waals surface area contributed by atoms with E-state index in [0.717, 1.165) is 45.0 Å². The highest BCUT2D eigenvalue weighted by Crippen LogP contribution is 2.38. The van der Waals surface area contributed by atoms with Gasteiger partial charge in [-0.2, -0.15) is 0 Å². The summed E-state index contributed by atoms with van der Waals surface area (Å²) in [6.45, 7) is 6.92. The summed E-state index contributed by atoms with van der Waals surface area (Å²) in [5, 5.41) is 1.93. The summed E-state index contributed by atoms with van der Waals surface area (Å²) in [6, 6.07) is 25.9. The number of benzene rings is 4. The van der Waals surface area contributed by atoms with Gasteiger partial charge in [-0.3, -0.25) is 14.5 Å². The number of thioether (sulfide) groups is 1. The second-order valence-corrected chi connectivity index (χ2v) is 11.2. The van der Waals surface area contributed by atoms with Crippen LogP contribution >= 0.6 is 11.8 Å². The van der Waals surface area contributed by atoms with Crippen molar-refractivity contribution < 1.29 is 23.8 Å². The van der Waals surface area contributed by atoms with Crippen LogP contribution in [-0.4, -0.2) is 36.3 Å². The second-order valence-electron chi connectivity index (χ2n) is 10.2. The van der Waals surface area contributed by atoms with Gasteiger partial charge < -0.3 is 14.2 Å². The highest BCUT2D eigenvalue weighted by atomic mass is 32.2. The van der Waals surface area contributed by atoms with Crippen LogP contribution in [0.1, 0.15) is 42.0 Å². The third-order valence-electron chi connectivity index (χ3n) is 7.00. The summed E-state index contributed by atoms with van der Waals surface area (Å²) in [6.07, 6.45) is 1.70. The number of hydrogen-bond donors (Lipinski definition) is 0. The molecule has 1 aliphatic rings. The van der Waals surface area contributed by atoms with Gasteiger partial charge in [-0.15, -0.1) is 0 Å². The Morgan fingerprint density at radius 2 is 1.68 bits per heavy atom. The van der Waals surface area contributed by atoms with Gasteiger partial charge in [-0.25, -0.2) is 0 Å². The molecule has 210 valence electrons. The molecule has 0 aliphatic carbocycles. The predicted octanol–water partition coefficient (Wildman–Crippen LogP) is 7.97. The molecule has 1 heterocycles. The minimum atomic E-state index is -0.347. The fourth-order valence-electron chi connectivity index (χ4n) is 4.85. The van der Waals surface area contributed by atoms with Crippen LogP contribution in [0.15, 0.2) is 83.8 Å². The Hall–Kier alpha value is -4.23. The van der Waals surface area contributed by atoms with Crippen LogP contribution in [0.5, 0.6) is 17.2 Å². The van der Waals surface area contributed by atoms with Crippen molar-refractivity contribution in [3.8, 4) is 17.2 Å². The molecule has 0 aromatic heterocycles. The summed E-state index contributed by atoms with van der Waals surface area (Å²) in [5.74, 6) is 1.79. The zero-order valence-electron chi connectivity index (χ0n) is 23.7. The van der Waals surface area contributed by atoms with Crippen molar-refractivity contribution in [1.82, 2.24) is 4.90 Å². The fourth-order valence-corrected chi connectivity index (χ4v) is 5.71. The molecule has 0 saturated carbocycles. The molecular weight excluding hydrogens is 534 g/mol. The molecule has 41 heavy (non-hydrogen) atoms. The number of fused-ring (bicyclic) bond motifs is 1. The maximum Gasteiger partial charge on any atom is 0.293 e. The number of aryl methyl sites for hydroxylation is 1. The number of hydrogen-bond acceptors (Lipinski definition) is 6. The number of carbonyl (C=O) groups is 2. The number of amides is 2. The molecule has 6 nitrogen and oxygen atoms in total. The number of nitrogens with zero attached hydrogens (tertiary/aromatic N) is 1. The molecule has 2 amide bonds. The Morgan fingerprint density at radius 3 is 2.49 bits per heavy atom. The number of rotatable bonds is 10. The second kappa shape index (κ2) is 12.5. The van der Waals surface area contributed by atoms with Crippen LogP contribution in [0, 0.1) is 6.92 Å². The topological polar surface area (TPSA) is 65.1 Å². The van der Waals surface area contributed by atoms with E-state index < -0.39 is 0 Å². The molecule has 1 fully saturated rings. The molecular formula is C34H33NO5S. The highest BCUT2D eigenvalue weighted by Gasteiger charge is 2.35. The van der Waals surface area contributed by atoms with E-state index in [9.17, 15) is 9.59 Å². The minimum absolute atomic E-state index is 0.163. The van der Waals surface area contributed by atoms with Crippen LogP contribution in [-0.2, 0) is 11.4 Å². The smallest absolute Gasteiger partial charge is 0.293 e. The van der Waals surface area contributed by atoms with Crippen LogP contribution in [0.25, 0.3) is 16.8 Å². The van der Waals surface area contributed by atoms with Gasteiger partial charge in [-0.1, -0.05) is 80.6 Å². The van der Waals surface area contributed by atoms with Crippen LogP contribution in [0.4, 0.5) is 4.79 Å². The van der Waals surface area contributed by atoms with Gasteiger partial charge in [0.1, 0.15) is 19.0 Å². The lowest BCUT2D eigenvalue weighted by Gasteiger charge is -2.17. The van der Waals surface area contributed by atoms with Crippen molar-refractivity contribution in [2.75, 3.05) is 20.3 Å². The maximum absolute atomic E-state index is 13.3. The van der Waals surface area contributed by atoms with E-state index in [1.54, 1.807) is 13.2 Å². The monoisotopic (exact) mass is 567 g/mol. The molecule has 1 saturated heterocycles. The van der Waals surface area contributed by atoms with Crippen LogP contribution in [0.2, 0.25) is 0 Å². The number of carbonyl (C=O) groups excluding carboxylic acids is 2. The molecule has 0 N–H and O–H groups in total. The Kier molecular flexibility index (Phi) is 8.64. The largest absolute Gasteiger partial charge is 0.493 e. The third-order valence-corrected chi connectivity index (χ3v) is 7.91. The van der Waals surface area contributed by atoms with Crippen LogP contribution in [0.3, 0.4) is 0 Å². The molecule has 0 radical (unpaired) electrons. The van der Waals surface area contributed by atoms with E-state index in [4.69, 9.17) is 14.2 Å². The standard InChI is InChI=1S/C34H33NO5S/c1-22(2)27-16-15-23(3)19-30(27)39-18-17-35-33(36)31(41-34(35)37)20-25-11-8-14-29(38-4)32(25)40-21-26-12-7-10-24-9-5-6-13-28(24)26/h5-16,19-20,22H,17-18,21H2,1-4H3/b31-20-. The number of methoxy groups -OCH3 is 1. The molecule has 5 rings (SSSR count). The first-order valence-corrected chi connectivity index (χ1v) is 14.4. The molecule has 7 heteroatoms. The van der Waals surface area contributed by atoms with Gasteiger partial charge in [0.25, 0.3) is 11.1 Å². The molecule has 0 unspecified atom stereocenters. The van der Waals surface area contributed by atoms with E-state index >= 15 is 0 Å². The number of para-hydroxylation sites is 1. The number of imide groups is 1. The Morgan fingerprint density at radius 1 is 0.902 bits per heavy atom. The lowest BCUT2D eigenvalue weighted by atomic mass is 10.0. The summed E-state index contributed by atoms with van der Waals surface area (Å²) in [7, 11) is 1.58. The Balaban J connectivity index is 1.32. The van der Waals surface area contributed by atoms with Gasteiger partial charge in [-0.05, 0) is 70.3 Å². The lowest BCUT2D eigenvalue weighted by Crippen LogP contribution is -2.32. The minimum Gasteiger partial charge on any atom is -0.493 e. The summed E-state index contributed by atoms with van der Waals surface area (Å²) in [5.41, 5.74) is 3.89. The van der Waals surface area contributed by atoms with Gasteiger partial charge in [0.15, 0.2) is 11.5 Å². The van der Waals surface area contributed by atoms with Crippen molar-refractivity contribution in [1.29, 1.82) is 0 Å². The summed E-state index contributed by atoms with van der Waals surface area (Å²) < 4.78 is 17.9. The zero-order valence-corrected chi connectivity index (χ0v) is 24.5. The molecule has 0 bridgehead atoms. The Bertz CT molecular complexity index is 1620. The fraction of sp³-hybridized carbons (Fsp3) is 0.235. The van der Waals surface area contributed by atoms with Crippen molar-refractivity contribution >= 4 is 39.8 Å². The Labute approximate surface area is 244 Å². The lowest BCUT2D eigenvalue weighted by molar-refractivity contribution is -0.123. The first-order valence-electron chi connectivity index (χ1n) is 13.6. The first-order chi connectivity index (χ1) is 19.9. The average molecular weight is 568 g/mol. The maximum atomic E-state index is 13.3. The van der Waals surface area contributed by atoms with Gasteiger partial charge in [0.05, 0.1) is 18.6 Å². The van der Waals surface area contributed by atoms with Crippen molar-refractivity contribution in [2.45, 2.75) is 33.3 Å². The van der Waals surface area contributed by atoms with E-state index in [1.165, 1.54) is 4.90 Å². The SMILES string of the molecule is COc1cccc(/C=C2\SC(=O)N(CCOc3cc(C)ccc3C(C)C)C2=O)c1OCc1cccc2ccccc12. The quantitative estimate of drug-likeness (QED) is 0.181. The van der Waals surface area contributed by atoms with Crippen molar-refractivity contribution in [2.24, 2.45) is 0 Å². The molecule has 0 atom stereocenters. The highest BCUT2D eigenvalue weighted by molar-refractivity contribution is 8.18. The van der Waals surface area contributed by atoms with E-state index in [2.05, 4.69) is 44.2 Å². The van der Waals surface area contributed by atoms with Crippen molar-refractivity contribution in [3.63, 3.8) is 0 Å². The number of ether oxygens (including phenoxy) is 3. The first kappa shape index (κ1) is 28.3. The average Bonchev–Trinajstić information content (AvgIpc) is 3.23. The zero-order chi connectivity index (χ0) is 28.9. The van der Waals surface area contributed by atoms with E-state index in [-0.39, 0.29) is 24.3 Å². The molecule has 4 aromatic rings. The predicted molar refractivity (Wildman–Crippen MR) is 165 cm³/mol. The molecule has 4 aromatic carbocycles. The van der Waals surface area contributed by atoms with Crippen LogP contribution < -0.4 is 14.2 Å². The normalized spacial score (nSPS) is 14.4. The summed E-state index contributed by atoms with van der Waals surface area (Å²) in [4.78, 5) is 27.7. The van der Waals surface area contributed by atoms with Crippen molar-refractivity contribution in [3.05, 3.63) is 106 Å².